The van der Waals surface area contributed by atoms with Crippen molar-refractivity contribution in [2.45, 2.75) is 40.2 Å². The first kappa shape index (κ1) is 19.2. The van der Waals surface area contributed by atoms with Crippen LogP contribution in [0.3, 0.4) is 0 Å². The smallest absolute Gasteiger partial charge is 0.122 e. The molecule has 1 heterocycles. The van der Waals surface area contributed by atoms with Gasteiger partial charge in [-0.25, -0.2) is 0 Å². The van der Waals surface area contributed by atoms with Gasteiger partial charge in [0.1, 0.15) is 5.75 Å². The van der Waals surface area contributed by atoms with E-state index in [1.54, 1.807) is 0 Å². The van der Waals surface area contributed by atoms with Gasteiger partial charge in [0, 0.05) is 19.6 Å². The van der Waals surface area contributed by atoms with Crippen molar-refractivity contribution in [2.75, 3.05) is 45.9 Å². The Morgan fingerprint density at radius 1 is 1.25 bits per heavy atom. The number of ether oxygens (including phenoxy) is 1. The maximum atomic E-state index is 5.92. The maximum absolute atomic E-state index is 5.92. The number of benzene rings is 1. The van der Waals surface area contributed by atoms with Crippen molar-refractivity contribution in [2.24, 2.45) is 5.92 Å². The second kappa shape index (κ2) is 10.7. The highest BCUT2D eigenvalue weighted by Gasteiger charge is 2.08. The van der Waals surface area contributed by atoms with Crippen molar-refractivity contribution in [3.05, 3.63) is 29.3 Å². The lowest BCUT2D eigenvalue weighted by molar-refractivity contribution is 0.269. The third-order valence-electron chi connectivity index (χ3n) is 4.54. The highest BCUT2D eigenvalue weighted by Crippen LogP contribution is 2.21. The molecule has 2 rings (SSSR count). The van der Waals surface area contributed by atoms with Gasteiger partial charge in [0.15, 0.2) is 0 Å². The zero-order chi connectivity index (χ0) is 17.2. The van der Waals surface area contributed by atoms with Crippen molar-refractivity contribution in [1.82, 2.24) is 15.5 Å². The third kappa shape index (κ3) is 6.80. The normalized spacial score (nSPS) is 16.3. The van der Waals surface area contributed by atoms with E-state index in [1.807, 2.05) is 0 Å². The van der Waals surface area contributed by atoms with Crippen LogP contribution in [-0.2, 0) is 6.54 Å². The first-order chi connectivity index (χ1) is 11.7. The van der Waals surface area contributed by atoms with E-state index in [0.29, 0.717) is 5.92 Å². The van der Waals surface area contributed by atoms with Crippen molar-refractivity contribution in [3.63, 3.8) is 0 Å². The minimum absolute atomic E-state index is 0.556. The lowest BCUT2D eigenvalue weighted by Crippen LogP contribution is -2.30. The molecule has 1 aromatic carbocycles. The molecule has 0 amide bonds. The van der Waals surface area contributed by atoms with Crippen LogP contribution >= 0.6 is 0 Å². The third-order valence-corrected chi connectivity index (χ3v) is 4.54. The van der Waals surface area contributed by atoms with Crippen LogP contribution in [0.4, 0.5) is 0 Å². The average Bonchev–Trinajstić information content (AvgIpc) is 2.83. The molecule has 1 aliphatic heterocycles. The SMILES string of the molecule is Cc1c(CNCCCN2CCCNCC2)cccc1OCC(C)C. The molecule has 4 nitrogen and oxygen atoms in total. The second-order valence-electron chi connectivity index (χ2n) is 7.22. The summed E-state index contributed by atoms with van der Waals surface area (Å²) in [6.45, 7) is 15.2. The highest BCUT2D eigenvalue weighted by atomic mass is 16.5. The molecule has 1 aliphatic rings. The molecule has 1 saturated heterocycles. The van der Waals surface area contributed by atoms with Crippen LogP contribution in [0, 0.1) is 12.8 Å². The Hall–Kier alpha value is -1.10. The van der Waals surface area contributed by atoms with Crippen LogP contribution in [-0.4, -0.2) is 50.8 Å². The van der Waals surface area contributed by atoms with Crippen LogP contribution < -0.4 is 15.4 Å². The molecular weight excluding hydrogens is 298 g/mol. The number of nitrogens with zero attached hydrogens (tertiary/aromatic N) is 1. The Balaban J connectivity index is 1.69. The Morgan fingerprint density at radius 3 is 2.96 bits per heavy atom. The van der Waals surface area contributed by atoms with Crippen LogP contribution in [0.25, 0.3) is 0 Å². The molecule has 0 bridgehead atoms. The fourth-order valence-electron chi connectivity index (χ4n) is 3.04. The molecule has 0 aliphatic carbocycles. The molecular formula is C20H35N3O. The van der Waals surface area contributed by atoms with Gasteiger partial charge in [0.05, 0.1) is 6.61 Å². The Bertz CT molecular complexity index is 468. The van der Waals surface area contributed by atoms with Gasteiger partial charge in [-0.3, -0.25) is 0 Å². The van der Waals surface area contributed by atoms with Crippen molar-refractivity contribution in [1.29, 1.82) is 0 Å². The van der Waals surface area contributed by atoms with Gasteiger partial charge in [-0.15, -0.1) is 0 Å². The first-order valence-electron chi connectivity index (χ1n) is 9.52. The predicted octanol–water partition coefficient (Wildman–Crippen LogP) is 2.80. The molecule has 0 atom stereocenters. The van der Waals surface area contributed by atoms with E-state index < -0.39 is 0 Å². The van der Waals surface area contributed by atoms with E-state index >= 15 is 0 Å². The summed E-state index contributed by atoms with van der Waals surface area (Å²) in [5.74, 6) is 1.58. The molecule has 0 radical (unpaired) electrons. The summed E-state index contributed by atoms with van der Waals surface area (Å²) >= 11 is 0. The van der Waals surface area contributed by atoms with Crippen LogP contribution in [0.2, 0.25) is 0 Å². The minimum Gasteiger partial charge on any atom is -0.493 e. The van der Waals surface area contributed by atoms with Crippen LogP contribution in [0.5, 0.6) is 5.75 Å². The summed E-state index contributed by atoms with van der Waals surface area (Å²) in [6.07, 6.45) is 2.48. The average molecular weight is 334 g/mol. The van der Waals surface area contributed by atoms with Crippen molar-refractivity contribution < 1.29 is 4.74 Å². The molecule has 0 saturated carbocycles. The summed E-state index contributed by atoms with van der Waals surface area (Å²) in [5, 5.41) is 7.05. The van der Waals surface area contributed by atoms with E-state index in [1.165, 1.54) is 50.1 Å². The summed E-state index contributed by atoms with van der Waals surface area (Å²) in [5.41, 5.74) is 2.61. The molecule has 1 aromatic rings. The molecule has 0 spiro atoms. The quantitative estimate of drug-likeness (QED) is 0.682. The zero-order valence-electron chi connectivity index (χ0n) is 15.7. The van der Waals surface area contributed by atoms with Crippen molar-refractivity contribution in [3.8, 4) is 5.75 Å². The van der Waals surface area contributed by atoms with Gasteiger partial charge in [-0.2, -0.15) is 0 Å². The fraction of sp³-hybridized carbons (Fsp3) is 0.700. The Kier molecular flexibility index (Phi) is 8.57. The summed E-state index contributed by atoms with van der Waals surface area (Å²) in [7, 11) is 0. The van der Waals surface area contributed by atoms with E-state index in [9.17, 15) is 0 Å². The Morgan fingerprint density at radius 2 is 2.12 bits per heavy atom. The number of rotatable bonds is 9. The van der Waals surface area contributed by atoms with Gasteiger partial charge in [-0.05, 0) is 69.1 Å². The van der Waals surface area contributed by atoms with Gasteiger partial charge >= 0.3 is 0 Å². The van der Waals surface area contributed by atoms with Gasteiger partial charge in [0.2, 0.25) is 0 Å². The van der Waals surface area contributed by atoms with Gasteiger partial charge in [-0.1, -0.05) is 26.0 Å². The molecule has 1 fully saturated rings. The molecule has 0 aromatic heterocycles. The van der Waals surface area contributed by atoms with E-state index in [2.05, 4.69) is 54.5 Å². The van der Waals surface area contributed by atoms with Gasteiger partial charge < -0.3 is 20.3 Å². The largest absolute Gasteiger partial charge is 0.493 e. The number of hydrogen-bond donors (Lipinski definition) is 2. The minimum atomic E-state index is 0.556. The summed E-state index contributed by atoms with van der Waals surface area (Å²) < 4.78 is 5.92. The van der Waals surface area contributed by atoms with Gasteiger partial charge in [0.25, 0.3) is 0 Å². The summed E-state index contributed by atoms with van der Waals surface area (Å²) in [4.78, 5) is 2.58. The highest BCUT2D eigenvalue weighted by molar-refractivity contribution is 5.39. The number of hydrogen-bond acceptors (Lipinski definition) is 4. The lowest BCUT2D eigenvalue weighted by atomic mass is 10.1. The van der Waals surface area contributed by atoms with Crippen LogP contribution in [0.15, 0.2) is 18.2 Å². The molecule has 2 N–H and O–H groups in total. The van der Waals surface area contributed by atoms with E-state index in [-0.39, 0.29) is 0 Å². The zero-order valence-corrected chi connectivity index (χ0v) is 15.7. The molecule has 4 heteroatoms. The molecule has 0 unspecified atom stereocenters. The fourth-order valence-corrected chi connectivity index (χ4v) is 3.04. The maximum Gasteiger partial charge on any atom is 0.122 e. The number of nitrogens with one attached hydrogen (secondary N) is 2. The molecule has 136 valence electrons. The molecule has 24 heavy (non-hydrogen) atoms. The summed E-state index contributed by atoms with van der Waals surface area (Å²) in [6, 6.07) is 6.38. The second-order valence-corrected chi connectivity index (χ2v) is 7.22. The monoisotopic (exact) mass is 333 g/mol. The van der Waals surface area contributed by atoms with Crippen molar-refractivity contribution >= 4 is 0 Å². The van der Waals surface area contributed by atoms with E-state index in [0.717, 1.165) is 32.0 Å². The van der Waals surface area contributed by atoms with E-state index in [4.69, 9.17) is 4.74 Å². The Labute approximate surface area is 148 Å². The predicted molar refractivity (Wildman–Crippen MR) is 102 cm³/mol. The van der Waals surface area contributed by atoms with Crippen LogP contribution in [0.1, 0.15) is 37.8 Å². The standard InChI is InChI=1S/C20H35N3O/c1-17(2)16-24-20-8-4-7-19(18(20)3)15-22-10-6-13-23-12-5-9-21-11-14-23/h4,7-8,17,21-22H,5-6,9-16H2,1-3H3. The lowest BCUT2D eigenvalue weighted by Gasteiger charge is -2.19. The topological polar surface area (TPSA) is 36.5 Å². The first-order valence-corrected chi connectivity index (χ1v) is 9.52.